The number of sulfone groups is 1. The van der Waals surface area contributed by atoms with Crippen LogP contribution in [0.15, 0.2) is 71.0 Å². The van der Waals surface area contributed by atoms with Gasteiger partial charge in [0, 0.05) is 10.3 Å². The summed E-state index contributed by atoms with van der Waals surface area (Å²) in [6.07, 6.45) is 1.87. The first-order chi connectivity index (χ1) is 9.13. The molecule has 0 spiro atoms. The van der Waals surface area contributed by atoms with Crippen molar-refractivity contribution in [2.24, 2.45) is 0 Å². The minimum atomic E-state index is -3.40. The molecular weight excluding hydrogens is 276 g/mol. The molecule has 2 nitrogen and oxygen atoms in total. The Balaban J connectivity index is 2.44. The van der Waals surface area contributed by atoms with E-state index in [1.807, 2.05) is 36.6 Å². The maximum atomic E-state index is 12.3. The van der Waals surface area contributed by atoms with Crippen LogP contribution in [0, 0.1) is 0 Å². The van der Waals surface area contributed by atoms with Crippen molar-refractivity contribution in [3.8, 4) is 0 Å². The second-order valence-corrected chi connectivity index (χ2v) is 6.56. The highest BCUT2D eigenvalue weighted by atomic mass is 32.2. The molecule has 0 aliphatic heterocycles. The topological polar surface area (TPSA) is 34.1 Å². The van der Waals surface area contributed by atoms with Gasteiger partial charge < -0.3 is 0 Å². The fraction of sp³-hybridized carbons (Fsp3) is 0.0667. The van der Waals surface area contributed by atoms with Crippen molar-refractivity contribution in [1.29, 1.82) is 0 Å². The lowest BCUT2D eigenvalue weighted by Crippen LogP contribution is -1.97. The molecule has 4 heteroatoms. The van der Waals surface area contributed by atoms with Crippen LogP contribution in [0.3, 0.4) is 0 Å². The van der Waals surface area contributed by atoms with Gasteiger partial charge in [0.05, 0.1) is 4.90 Å². The SMILES string of the molecule is CS/C(=C/S(=O)(=O)c1ccccc1)c1ccccc1. The normalized spacial score (nSPS) is 12.4. The maximum Gasteiger partial charge on any atom is 0.200 e. The van der Waals surface area contributed by atoms with E-state index in [4.69, 9.17) is 0 Å². The molecule has 0 bridgehead atoms. The molecule has 0 amide bonds. The zero-order valence-electron chi connectivity index (χ0n) is 10.5. The number of hydrogen-bond acceptors (Lipinski definition) is 3. The molecule has 0 fully saturated rings. The van der Waals surface area contributed by atoms with Gasteiger partial charge in [-0.3, -0.25) is 0 Å². The third-order valence-electron chi connectivity index (χ3n) is 2.61. The third-order valence-corrected chi connectivity index (χ3v) is 5.03. The lowest BCUT2D eigenvalue weighted by Gasteiger charge is -2.05. The number of thioether (sulfide) groups is 1. The molecule has 0 saturated carbocycles. The van der Waals surface area contributed by atoms with Crippen molar-refractivity contribution in [2.75, 3.05) is 6.26 Å². The molecule has 2 aromatic carbocycles. The minimum Gasteiger partial charge on any atom is -0.219 e. The summed E-state index contributed by atoms with van der Waals surface area (Å²) in [5.41, 5.74) is 0.912. The molecule has 0 radical (unpaired) electrons. The Morgan fingerprint density at radius 1 is 0.947 bits per heavy atom. The first-order valence-corrected chi connectivity index (χ1v) is 8.52. The van der Waals surface area contributed by atoms with E-state index in [1.54, 1.807) is 30.3 Å². The van der Waals surface area contributed by atoms with E-state index in [1.165, 1.54) is 17.2 Å². The van der Waals surface area contributed by atoms with Crippen molar-refractivity contribution in [3.63, 3.8) is 0 Å². The molecule has 0 aliphatic carbocycles. The van der Waals surface area contributed by atoms with Crippen LogP contribution in [-0.4, -0.2) is 14.7 Å². The van der Waals surface area contributed by atoms with E-state index >= 15 is 0 Å². The van der Waals surface area contributed by atoms with E-state index in [0.29, 0.717) is 4.90 Å². The Labute approximate surface area is 118 Å². The predicted molar refractivity (Wildman–Crippen MR) is 81.6 cm³/mol. The van der Waals surface area contributed by atoms with Gasteiger partial charge in [0.1, 0.15) is 0 Å². The molecule has 19 heavy (non-hydrogen) atoms. The molecule has 0 N–H and O–H groups in total. The van der Waals surface area contributed by atoms with Crippen LogP contribution in [0.25, 0.3) is 4.91 Å². The summed E-state index contributed by atoms with van der Waals surface area (Å²) >= 11 is 1.43. The van der Waals surface area contributed by atoms with Crippen LogP contribution in [0.1, 0.15) is 5.56 Å². The summed E-state index contributed by atoms with van der Waals surface area (Å²) in [6.45, 7) is 0. The van der Waals surface area contributed by atoms with Crippen LogP contribution in [0.4, 0.5) is 0 Å². The lowest BCUT2D eigenvalue weighted by molar-refractivity contribution is 0.605. The number of benzene rings is 2. The van der Waals surface area contributed by atoms with Gasteiger partial charge in [0.15, 0.2) is 0 Å². The Kier molecular flexibility index (Phi) is 4.45. The van der Waals surface area contributed by atoms with E-state index in [9.17, 15) is 8.42 Å². The molecule has 98 valence electrons. The Morgan fingerprint density at radius 2 is 1.47 bits per heavy atom. The van der Waals surface area contributed by atoms with Gasteiger partial charge in [-0.2, -0.15) is 0 Å². The molecule has 0 unspecified atom stereocenters. The van der Waals surface area contributed by atoms with Crippen molar-refractivity contribution < 1.29 is 8.42 Å². The highest BCUT2D eigenvalue weighted by molar-refractivity contribution is 8.08. The summed E-state index contributed by atoms with van der Waals surface area (Å²) in [4.78, 5) is 1.06. The van der Waals surface area contributed by atoms with Crippen LogP contribution >= 0.6 is 11.8 Å². The molecule has 0 saturated heterocycles. The second kappa shape index (κ2) is 6.08. The predicted octanol–water partition coefficient (Wildman–Crippen LogP) is 3.82. The Morgan fingerprint density at radius 3 is 2.00 bits per heavy atom. The zero-order chi connectivity index (χ0) is 13.7. The average Bonchev–Trinajstić information content (AvgIpc) is 2.47. The van der Waals surface area contributed by atoms with Gasteiger partial charge in [-0.15, -0.1) is 11.8 Å². The number of hydrogen-bond donors (Lipinski definition) is 0. The average molecular weight is 290 g/mol. The summed E-state index contributed by atoms with van der Waals surface area (Å²) in [5, 5.41) is 1.34. The van der Waals surface area contributed by atoms with Crippen molar-refractivity contribution in [3.05, 3.63) is 71.6 Å². The van der Waals surface area contributed by atoms with Gasteiger partial charge in [0.2, 0.25) is 9.84 Å². The molecule has 0 atom stereocenters. The molecule has 0 aliphatic rings. The maximum absolute atomic E-state index is 12.3. The zero-order valence-corrected chi connectivity index (χ0v) is 12.1. The second-order valence-electron chi connectivity index (χ2n) is 3.91. The van der Waals surface area contributed by atoms with Gasteiger partial charge in [0.25, 0.3) is 0 Å². The van der Waals surface area contributed by atoms with Crippen molar-refractivity contribution in [2.45, 2.75) is 4.90 Å². The van der Waals surface area contributed by atoms with Gasteiger partial charge in [-0.25, -0.2) is 8.42 Å². The molecule has 0 aromatic heterocycles. The molecular formula is C15H14O2S2. The summed E-state index contributed by atoms with van der Waals surface area (Å²) in [7, 11) is -3.40. The van der Waals surface area contributed by atoms with Crippen LogP contribution < -0.4 is 0 Å². The highest BCUT2D eigenvalue weighted by Crippen LogP contribution is 2.27. The third kappa shape index (κ3) is 3.49. The monoisotopic (exact) mass is 290 g/mol. The molecule has 0 heterocycles. The van der Waals surface area contributed by atoms with Gasteiger partial charge in [-0.1, -0.05) is 48.5 Å². The minimum absolute atomic E-state index is 0.317. The summed E-state index contributed by atoms with van der Waals surface area (Å²) < 4.78 is 24.6. The first kappa shape index (κ1) is 13.9. The quantitative estimate of drug-likeness (QED) is 0.858. The van der Waals surface area contributed by atoms with Crippen molar-refractivity contribution in [1.82, 2.24) is 0 Å². The summed E-state index contributed by atoms with van der Waals surface area (Å²) in [5.74, 6) is 0. The summed E-state index contributed by atoms with van der Waals surface area (Å²) in [6, 6.07) is 18.0. The van der Waals surface area contributed by atoms with Crippen LogP contribution in [0.5, 0.6) is 0 Å². The van der Waals surface area contributed by atoms with E-state index in [0.717, 1.165) is 10.5 Å². The number of rotatable bonds is 4. The van der Waals surface area contributed by atoms with Crippen molar-refractivity contribution >= 4 is 26.5 Å². The lowest BCUT2D eigenvalue weighted by atomic mass is 10.2. The van der Waals surface area contributed by atoms with Crippen LogP contribution in [0.2, 0.25) is 0 Å². The first-order valence-electron chi connectivity index (χ1n) is 5.75. The van der Waals surface area contributed by atoms with E-state index in [-0.39, 0.29) is 0 Å². The smallest absolute Gasteiger partial charge is 0.200 e. The molecule has 2 aromatic rings. The van der Waals surface area contributed by atoms with E-state index in [2.05, 4.69) is 0 Å². The fourth-order valence-electron chi connectivity index (χ4n) is 1.66. The fourth-order valence-corrected chi connectivity index (χ4v) is 3.88. The van der Waals surface area contributed by atoms with Crippen LogP contribution in [-0.2, 0) is 9.84 Å². The standard InChI is InChI=1S/C15H14O2S2/c1-18-15(13-8-4-2-5-9-13)12-19(16,17)14-10-6-3-7-11-14/h2-12H,1H3/b15-12+. The Hall–Kier alpha value is -1.52. The highest BCUT2D eigenvalue weighted by Gasteiger charge is 2.12. The Bertz CT molecular complexity index is 660. The molecule has 2 rings (SSSR count). The largest absolute Gasteiger partial charge is 0.219 e. The van der Waals surface area contributed by atoms with Gasteiger partial charge >= 0.3 is 0 Å². The van der Waals surface area contributed by atoms with Gasteiger partial charge in [-0.05, 0) is 24.0 Å². The van der Waals surface area contributed by atoms with E-state index < -0.39 is 9.84 Å².